The lowest BCUT2D eigenvalue weighted by Gasteiger charge is -2.23. The van der Waals surface area contributed by atoms with Crippen molar-refractivity contribution in [1.82, 2.24) is 4.90 Å². The molecule has 0 bridgehead atoms. The molecule has 1 fully saturated rings. The summed E-state index contributed by atoms with van der Waals surface area (Å²) in [5.74, 6) is 12.7. The molecule has 0 N–H and O–H groups in total. The van der Waals surface area contributed by atoms with Crippen molar-refractivity contribution in [3.8, 4) is 23.7 Å². The summed E-state index contributed by atoms with van der Waals surface area (Å²) in [6, 6.07) is 0. The first-order chi connectivity index (χ1) is 18.8. The smallest absolute Gasteiger partial charge is 0.222 e. The number of carbonyl (C=O) groups excluding carboxylic acids is 1. The maximum atomic E-state index is 12.6. The largest absolute Gasteiger partial charge is 0.377 e. The van der Waals surface area contributed by atoms with E-state index in [1.165, 1.54) is 83.5 Å². The van der Waals surface area contributed by atoms with E-state index >= 15 is 0 Å². The summed E-state index contributed by atoms with van der Waals surface area (Å²) in [5.41, 5.74) is 0. The minimum atomic E-state index is 0.218. The van der Waals surface area contributed by atoms with Gasteiger partial charge in [0.1, 0.15) is 0 Å². The monoisotopic (exact) mass is 531 g/mol. The van der Waals surface area contributed by atoms with E-state index < -0.39 is 0 Å². The fraction of sp³-hybridized carbons (Fsp3) is 0.848. The molecule has 0 radical (unpaired) electrons. The van der Waals surface area contributed by atoms with Crippen molar-refractivity contribution >= 4 is 5.91 Å². The normalized spacial score (nSPS) is 14.9. The third-order valence-corrected chi connectivity index (χ3v) is 6.94. The number of rotatable bonds is 18. The first-order valence-electron chi connectivity index (χ1n) is 15.8. The molecule has 5 nitrogen and oxygen atoms in total. The molecule has 0 atom stereocenters. The van der Waals surface area contributed by atoms with Gasteiger partial charge < -0.3 is 19.1 Å². The molecule has 0 aromatic carbocycles. The zero-order chi connectivity index (χ0) is 27.2. The Labute approximate surface area is 235 Å². The summed E-state index contributed by atoms with van der Waals surface area (Å²) in [6.07, 6.45) is 23.0. The Morgan fingerprint density at radius 3 is 1.42 bits per heavy atom. The minimum Gasteiger partial charge on any atom is -0.377 e. The molecule has 38 heavy (non-hydrogen) atoms. The number of hydrogen-bond acceptors (Lipinski definition) is 4. The Morgan fingerprint density at radius 2 is 0.947 bits per heavy atom. The highest BCUT2D eigenvalue weighted by Gasteiger charge is 2.13. The number of amides is 1. The lowest BCUT2D eigenvalue weighted by molar-refractivity contribution is -0.133. The maximum Gasteiger partial charge on any atom is 0.222 e. The van der Waals surface area contributed by atoms with Crippen LogP contribution in [0.15, 0.2) is 0 Å². The molecule has 0 saturated carbocycles. The van der Waals surface area contributed by atoms with Gasteiger partial charge in [0.25, 0.3) is 0 Å². The van der Waals surface area contributed by atoms with E-state index in [9.17, 15) is 4.79 Å². The lowest BCUT2D eigenvalue weighted by atomic mass is 10.1. The predicted molar refractivity (Wildman–Crippen MR) is 158 cm³/mol. The van der Waals surface area contributed by atoms with Gasteiger partial charge in [-0.05, 0) is 31.1 Å². The van der Waals surface area contributed by atoms with Gasteiger partial charge in [-0.1, -0.05) is 102 Å². The van der Waals surface area contributed by atoms with E-state index in [0.717, 1.165) is 32.1 Å². The fourth-order valence-electron chi connectivity index (χ4n) is 4.52. The summed E-state index contributed by atoms with van der Waals surface area (Å²) < 4.78 is 16.5. The number of ether oxygens (including phenoxy) is 3. The highest BCUT2D eigenvalue weighted by Crippen LogP contribution is 2.11. The van der Waals surface area contributed by atoms with Crippen molar-refractivity contribution in [2.24, 2.45) is 0 Å². The van der Waals surface area contributed by atoms with Crippen LogP contribution in [0, 0.1) is 23.7 Å². The molecule has 0 unspecified atom stereocenters. The Kier molecular flexibility index (Phi) is 25.9. The molecule has 0 aliphatic carbocycles. The summed E-state index contributed by atoms with van der Waals surface area (Å²) in [6.45, 7) is 6.96. The number of hydrogen-bond donors (Lipinski definition) is 0. The van der Waals surface area contributed by atoms with Crippen LogP contribution in [-0.2, 0) is 19.0 Å². The SMILES string of the molecule is CCCCCCCCCCCCC#CC#CCCCCCCCCC(=O)N1CCOCCOCCOCC1. The average molecular weight is 532 g/mol. The highest BCUT2D eigenvalue weighted by atomic mass is 16.5. The molecule has 1 heterocycles. The van der Waals surface area contributed by atoms with Gasteiger partial charge in [-0.25, -0.2) is 0 Å². The van der Waals surface area contributed by atoms with Crippen LogP contribution in [0.1, 0.15) is 129 Å². The van der Waals surface area contributed by atoms with Gasteiger partial charge in [-0.3, -0.25) is 4.79 Å². The minimum absolute atomic E-state index is 0.218. The van der Waals surface area contributed by atoms with Gasteiger partial charge in [0.15, 0.2) is 0 Å². The molecule has 5 heteroatoms. The average Bonchev–Trinajstić information content (AvgIpc) is 2.91. The lowest BCUT2D eigenvalue weighted by Crippen LogP contribution is -2.37. The Morgan fingerprint density at radius 1 is 0.553 bits per heavy atom. The molecular weight excluding hydrogens is 474 g/mol. The molecule has 218 valence electrons. The van der Waals surface area contributed by atoms with Crippen LogP contribution >= 0.6 is 0 Å². The quantitative estimate of drug-likeness (QED) is 0.137. The van der Waals surface area contributed by atoms with Crippen molar-refractivity contribution in [3.05, 3.63) is 0 Å². The second-order valence-electron chi connectivity index (χ2n) is 10.4. The molecule has 0 aromatic rings. The van der Waals surface area contributed by atoms with E-state index in [1.807, 2.05) is 4.90 Å². The third kappa shape index (κ3) is 23.6. The first-order valence-corrected chi connectivity index (χ1v) is 15.8. The fourth-order valence-corrected chi connectivity index (χ4v) is 4.52. The van der Waals surface area contributed by atoms with Gasteiger partial charge in [0.05, 0.1) is 39.6 Å². The number of nitrogens with zero attached hydrogens (tertiary/aromatic N) is 1. The zero-order valence-electron chi connectivity index (χ0n) is 24.7. The summed E-state index contributed by atoms with van der Waals surface area (Å²) >= 11 is 0. The van der Waals surface area contributed by atoms with Gasteiger partial charge in [0, 0.05) is 32.4 Å². The standard InChI is InChI=1S/C33H57NO4/c1-2-3-4-5-6-7-8-9-10-11-12-13-14-15-16-17-18-19-20-21-22-23-24-33(35)34-25-27-36-29-31-38-32-30-37-28-26-34/h2-12,17-32H2,1H3. The molecule has 1 saturated heterocycles. The van der Waals surface area contributed by atoms with Crippen molar-refractivity contribution < 1.29 is 19.0 Å². The molecule has 1 amide bonds. The molecule has 1 aliphatic rings. The molecule has 0 aromatic heterocycles. The van der Waals surface area contributed by atoms with E-state index in [2.05, 4.69) is 30.6 Å². The van der Waals surface area contributed by atoms with Gasteiger partial charge in [-0.2, -0.15) is 0 Å². The Hall–Kier alpha value is -1.53. The van der Waals surface area contributed by atoms with Gasteiger partial charge in [-0.15, -0.1) is 0 Å². The van der Waals surface area contributed by atoms with Crippen LogP contribution in [0.5, 0.6) is 0 Å². The van der Waals surface area contributed by atoms with Crippen molar-refractivity contribution in [1.29, 1.82) is 0 Å². The van der Waals surface area contributed by atoms with Crippen LogP contribution in [-0.4, -0.2) is 63.5 Å². The van der Waals surface area contributed by atoms with Crippen molar-refractivity contribution in [2.75, 3.05) is 52.7 Å². The zero-order valence-corrected chi connectivity index (χ0v) is 24.7. The van der Waals surface area contributed by atoms with Crippen LogP contribution in [0.2, 0.25) is 0 Å². The summed E-state index contributed by atoms with van der Waals surface area (Å²) in [4.78, 5) is 14.5. The van der Waals surface area contributed by atoms with E-state index in [4.69, 9.17) is 14.2 Å². The maximum absolute atomic E-state index is 12.6. The Balaban J connectivity index is 1.91. The second-order valence-corrected chi connectivity index (χ2v) is 10.4. The van der Waals surface area contributed by atoms with E-state index in [-0.39, 0.29) is 5.91 Å². The molecule has 1 aliphatic heterocycles. The number of carbonyl (C=O) groups is 1. The molecule has 0 spiro atoms. The predicted octanol–water partition coefficient (Wildman–Crippen LogP) is 7.32. The van der Waals surface area contributed by atoms with Crippen LogP contribution in [0.3, 0.4) is 0 Å². The van der Waals surface area contributed by atoms with Crippen molar-refractivity contribution in [2.45, 2.75) is 129 Å². The summed E-state index contributed by atoms with van der Waals surface area (Å²) in [5, 5.41) is 0. The van der Waals surface area contributed by atoms with Gasteiger partial charge >= 0.3 is 0 Å². The van der Waals surface area contributed by atoms with Crippen LogP contribution < -0.4 is 0 Å². The Bertz CT molecular complexity index is 645. The van der Waals surface area contributed by atoms with Crippen molar-refractivity contribution in [3.63, 3.8) is 0 Å². The van der Waals surface area contributed by atoms with Gasteiger partial charge in [0.2, 0.25) is 5.91 Å². The molecule has 1 rings (SSSR count). The van der Waals surface area contributed by atoms with Crippen LogP contribution in [0.4, 0.5) is 0 Å². The highest BCUT2D eigenvalue weighted by molar-refractivity contribution is 5.76. The molecular formula is C33H57NO4. The van der Waals surface area contributed by atoms with E-state index in [0.29, 0.717) is 59.2 Å². The summed E-state index contributed by atoms with van der Waals surface area (Å²) in [7, 11) is 0. The second kappa shape index (κ2) is 28.5. The number of unbranched alkanes of at least 4 members (excludes halogenated alkanes) is 16. The van der Waals surface area contributed by atoms with Crippen LogP contribution in [0.25, 0.3) is 0 Å². The topological polar surface area (TPSA) is 48.0 Å². The third-order valence-electron chi connectivity index (χ3n) is 6.94. The van der Waals surface area contributed by atoms with E-state index in [1.54, 1.807) is 0 Å². The first kappa shape index (κ1) is 34.5.